The summed E-state index contributed by atoms with van der Waals surface area (Å²) < 4.78 is 0. The number of phenolic OH excluding ortho intramolecular Hbond substituents is 2. The Bertz CT molecular complexity index is 930. The molecule has 2 aromatic carbocycles. The first-order valence-corrected chi connectivity index (χ1v) is 6.88. The number of nitrogens with two attached hydrogens (primary N) is 1. The summed E-state index contributed by atoms with van der Waals surface area (Å²) in [6.07, 6.45) is 0. The minimum Gasteiger partial charge on any atom is -0.508 e. The van der Waals surface area contributed by atoms with Crippen molar-refractivity contribution in [2.75, 3.05) is 5.73 Å². The quantitative estimate of drug-likeness (QED) is 0.674. The van der Waals surface area contributed by atoms with Crippen LogP contribution in [0.4, 0.5) is 5.82 Å². The number of hydrogen-bond donors (Lipinski definition) is 3. The number of anilines is 1. The van der Waals surface area contributed by atoms with Gasteiger partial charge in [-0.1, -0.05) is 24.3 Å². The van der Waals surface area contributed by atoms with E-state index in [1.54, 1.807) is 54.6 Å². The second kappa shape index (κ2) is 5.70. The monoisotopic (exact) mass is 303 g/mol. The molecule has 23 heavy (non-hydrogen) atoms. The molecule has 4 N–H and O–H groups in total. The largest absolute Gasteiger partial charge is 0.508 e. The molecular weight excluding hydrogens is 290 g/mol. The van der Waals surface area contributed by atoms with Gasteiger partial charge in [0.05, 0.1) is 5.69 Å². The molecule has 3 aromatic rings. The van der Waals surface area contributed by atoms with Crippen molar-refractivity contribution >= 4 is 5.82 Å². The first-order valence-electron chi connectivity index (χ1n) is 6.88. The van der Waals surface area contributed by atoms with Gasteiger partial charge in [0.25, 0.3) is 0 Å². The first kappa shape index (κ1) is 14.4. The zero-order valence-electron chi connectivity index (χ0n) is 12.1. The van der Waals surface area contributed by atoms with Gasteiger partial charge in [0.2, 0.25) is 0 Å². The maximum absolute atomic E-state index is 9.67. The molecule has 0 bridgehead atoms. The molecule has 0 saturated heterocycles. The van der Waals surface area contributed by atoms with E-state index in [0.29, 0.717) is 22.4 Å². The Kier molecular flexibility index (Phi) is 3.57. The lowest BCUT2D eigenvalue weighted by molar-refractivity contribution is 0.475. The van der Waals surface area contributed by atoms with Gasteiger partial charge in [0.15, 0.2) is 0 Å². The lowest BCUT2D eigenvalue weighted by Crippen LogP contribution is -1.99. The number of pyridine rings is 1. The van der Waals surface area contributed by atoms with Crippen LogP contribution >= 0.6 is 0 Å². The highest BCUT2D eigenvalue weighted by atomic mass is 16.3. The highest BCUT2D eigenvalue weighted by Gasteiger charge is 2.14. The summed E-state index contributed by atoms with van der Waals surface area (Å²) in [6, 6.07) is 17.0. The third-order valence-electron chi connectivity index (χ3n) is 3.46. The summed E-state index contributed by atoms with van der Waals surface area (Å²) in [5.41, 5.74) is 8.64. The Hall–Kier alpha value is -3.52. The lowest BCUT2D eigenvalue weighted by Gasteiger charge is -2.10. The lowest BCUT2D eigenvalue weighted by atomic mass is 9.98. The van der Waals surface area contributed by atoms with E-state index in [1.807, 2.05) is 0 Å². The number of nitrogen functional groups attached to an aromatic ring is 1. The van der Waals surface area contributed by atoms with Crippen molar-refractivity contribution in [3.8, 4) is 40.0 Å². The average molecular weight is 303 g/mol. The molecule has 0 amide bonds. The summed E-state index contributed by atoms with van der Waals surface area (Å²) in [7, 11) is 0. The van der Waals surface area contributed by atoms with Crippen LogP contribution in [0.2, 0.25) is 0 Å². The standard InChI is InChI=1S/C18H13N3O2/c19-10-16-15(11-3-1-5-13(22)7-11)9-17(21-18(16)20)12-4-2-6-14(23)8-12/h1-9,22-23H,(H2,20,21). The van der Waals surface area contributed by atoms with Crippen molar-refractivity contribution in [3.05, 3.63) is 60.2 Å². The van der Waals surface area contributed by atoms with E-state index in [-0.39, 0.29) is 22.9 Å². The van der Waals surface area contributed by atoms with Gasteiger partial charge in [0, 0.05) is 11.1 Å². The van der Waals surface area contributed by atoms with E-state index in [4.69, 9.17) is 5.73 Å². The zero-order valence-corrected chi connectivity index (χ0v) is 12.1. The maximum Gasteiger partial charge on any atom is 0.142 e. The van der Waals surface area contributed by atoms with E-state index in [9.17, 15) is 15.5 Å². The molecule has 1 aromatic heterocycles. The summed E-state index contributed by atoms with van der Waals surface area (Å²) >= 11 is 0. The number of phenols is 2. The predicted molar refractivity (Wildman–Crippen MR) is 87.6 cm³/mol. The SMILES string of the molecule is N#Cc1c(-c2cccc(O)c2)cc(-c2cccc(O)c2)nc1N. The third-order valence-corrected chi connectivity index (χ3v) is 3.46. The number of nitrogens with zero attached hydrogens (tertiary/aromatic N) is 2. The van der Waals surface area contributed by atoms with E-state index in [1.165, 1.54) is 0 Å². The Morgan fingerprint density at radius 3 is 2.13 bits per heavy atom. The summed E-state index contributed by atoms with van der Waals surface area (Å²) in [5, 5.41) is 28.7. The second-order valence-electron chi connectivity index (χ2n) is 5.03. The van der Waals surface area contributed by atoms with Gasteiger partial charge < -0.3 is 15.9 Å². The molecule has 3 rings (SSSR count). The fourth-order valence-corrected chi connectivity index (χ4v) is 2.40. The molecule has 0 aliphatic carbocycles. The molecule has 5 heteroatoms. The van der Waals surface area contributed by atoms with Crippen molar-refractivity contribution in [1.82, 2.24) is 4.98 Å². The van der Waals surface area contributed by atoms with E-state index in [2.05, 4.69) is 11.1 Å². The fraction of sp³-hybridized carbons (Fsp3) is 0. The van der Waals surface area contributed by atoms with Crippen LogP contribution in [0.3, 0.4) is 0 Å². The molecular formula is C18H13N3O2. The zero-order chi connectivity index (χ0) is 16.4. The number of benzene rings is 2. The van der Waals surface area contributed by atoms with E-state index < -0.39 is 0 Å². The predicted octanol–water partition coefficient (Wildman–Crippen LogP) is 3.28. The van der Waals surface area contributed by atoms with Gasteiger partial charge >= 0.3 is 0 Å². The van der Waals surface area contributed by atoms with Crippen molar-refractivity contribution in [2.24, 2.45) is 0 Å². The molecule has 0 saturated carbocycles. The Balaban J connectivity index is 2.25. The molecule has 0 spiro atoms. The van der Waals surface area contributed by atoms with Crippen LogP contribution in [0.25, 0.3) is 22.4 Å². The Morgan fingerprint density at radius 1 is 0.913 bits per heavy atom. The van der Waals surface area contributed by atoms with Crippen LogP contribution in [0, 0.1) is 11.3 Å². The normalized spacial score (nSPS) is 10.2. The number of rotatable bonds is 2. The molecule has 0 aliphatic heterocycles. The molecule has 1 heterocycles. The molecule has 5 nitrogen and oxygen atoms in total. The molecule has 0 aliphatic rings. The van der Waals surface area contributed by atoms with Gasteiger partial charge in [-0.05, 0) is 35.9 Å². The number of nitriles is 1. The van der Waals surface area contributed by atoms with E-state index in [0.717, 1.165) is 0 Å². The highest BCUT2D eigenvalue weighted by Crippen LogP contribution is 2.33. The van der Waals surface area contributed by atoms with Crippen LogP contribution in [-0.4, -0.2) is 15.2 Å². The van der Waals surface area contributed by atoms with Gasteiger partial charge in [-0.2, -0.15) is 5.26 Å². The van der Waals surface area contributed by atoms with Crippen molar-refractivity contribution in [2.45, 2.75) is 0 Å². The number of aromatic hydroxyl groups is 2. The van der Waals surface area contributed by atoms with Crippen LogP contribution in [-0.2, 0) is 0 Å². The Labute approximate surface area is 132 Å². The van der Waals surface area contributed by atoms with Crippen molar-refractivity contribution in [1.29, 1.82) is 5.26 Å². The van der Waals surface area contributed by atoms with Crippen LogP contribution in [0.1, 0.15) is 5.56 Å². The van der Waals surface area contributed by atoms with Crippen LogP contribution in [0.15, 0.2) is 54.6 Å². The molecule has 112 valence electrons. The van der Waals surface area contributed by atoms with Gasteiger partial charge in [-0.15, -0.1) is 0 Å². The maximum atomic E-state index is 9.67. The van der Waals surface area contributed by atoms with Crippen molar-refractivity contribution in [3.63, 3.8) is 0 Å². The average Bonchev–Trinajstić information content (AvgIpc) is 2.54. The minimum absolute atomic E-state index is 0.0979. The van der Waals surface area contributed by atoms with Crippen LogP contribution in [0.5, 0.6) is 11.5 Å². The number of hydrogen-bond acceptors (Lipinski definition) is 5. The molecule has 0 radical (unpaired) electrons. The smallest absolute Gasteiger partial charge is 0.142 e. The second-order valence-corrected chi connectivity index (χ2v) is 5.03. The third kappa shape index (κ3) is 2.78. The minimum atomic E-state index is 0.0979. The summed E-state index contributed by atoms with van der Waals surface area (Å²) in [6.45, 7) is 0. The molecule has 0 unspecified atom stereocenters. The van der Waals surface area contributed by atoms with Gasteiger partial charge in [0.1, 0.15) is 28.9 Å². The highest BCUT2D eigenvalue weighted by molar-refractivity contribution is 5.80. The summed E-state index contributed by atoms with van der Waals surface area (Å²) in [5.74, 6) is 0.318. The van der Waals surface area contributed by atoms with Gasteiger partial charge in [-0.25, -0.2) is 4.98 Å². The fourth-order valence-electron chi connectivity index (χ4n) is 2.40. The van der Waals surface area contributed by atoms with Crippen LogP contribution < -0.4 is 5.73 Å². The first-order chi connectivity index (χ1) is 11.1. The summed E-state index contributed by atoms with van der Waals surface area (Å²) in [4.78, 5) is 4.25. The van der Waals surface area contributed by atoms with Gasteiger partial charge in [-0.3, -0.25) is 0 Å². The topological polar surface area (TPSA) is 103 Å². The Morgan fingerprint density at radius 2 is 1.52 bits per heavy atom. The molecule has 0 fully saturated rings. The number of aromatic nitrogens is 1. The van der Waals surface area contributed by atoms with E-state index >= 15 is 0 Å². The van der Waals surface area contributed by atoms with Crippen molar-refractivity contribution < 1.29 is 10.2 Å². The molecule has 0 atom stereocenters.